The van der Waals surface area contributed by atoms with Gasteiger partial charge in [-0.3, -0.25) is 0 Å². The molecule has 1 aliphatic carbocycles. The van der Waals surface area contributed by atoms with E-state index in [-0.39, 0.29) is 0 Å². The Morgan fingerprint density at radius 2 is 2.11 bits per heavy atom. The summed E-state index contributed by atoms with van der Waals surface area (Å²) in [5.74, 6) is 0.618. The maximum atomic E-state index is 5.76. The van der Waals surface area contributed by atoms with Crippen LogP contribution in [0.15, 0.2) is 24.3 Å². The van der Waals surface area contributed by atoms with Crippen LogP contribution < -0.4 is 10.6 Å². The zero-order valence-electron chi connectivity index (χ0n) is 11.7. The van der Waals surface area contributed by atoms with Crippen molar-refractivity contribution in [2.24, 2.45) is 5.73 Å². The van der Waals surface area contributed by atoms with Gasteiger partial charge in [-0.05, 0) is 44.4 Å². The fraction of sp³-hybridized carbons (Fsp3) is 0.625. The minimum atomic E-state index is 0.482. The fourth-order valence-corrected chi connectivity index (χ4v) is 3.49. The van der Waals surface area contributed by atoms with Crippen molar-refractivity contribution in [1.82, 2.24) is 0 Å². The predicted octanol–water partition coefficient (Wildman–Crippen LogP) is 2.51. The first-order valence-corrected chi connectivity index (χ1v) is 7.50. The molecule has 1 aliphatic heterocycles. The van der Waals surface area contributed by atoms with Crippen molar-refractivity contribution in [2.45, 2.75) is 44.2 Å². The van der Waals surface area contributed by atoms with E-state index in [1.54, 1.807) is 0 Å². The largest absolute Gasteiger partial charge is 0.378 e. The molecular weight excluding hydrogens is 236 g/mol. The molecule has 3 heteroatoms. The molecular formula is C16H24N2O. The molecule has 104 valence electrons. The highest BCUT2D eigenvalue weighted by Gasteiger charge is 2.39. The van der Waals surface area contributed by atoms with Gasteiger partial charge in [-0.25, -0.2) is 0 Å². The highest BCUT2D eigenvalue weighted by Crippen LogP contribution is 2.42. The number of anilines is 1. The molecule has 1 atom stereocenters. The standard InChI is InChI=1S/C16H24N2O/c1-2-19-14-9-13(10-14)18-11-12(7-8-17)15-5-3-4-6-16(15)18/h3-6,12-14H,2,7-11,17H2,1H3. The second kappa shape index (κ2) is 5.51. The van der Waals surface area contributed by atoms with Crippen LogP contribution >= 0.6 is 0 Å². The number of nitrogens with zero attached hydrogens (tertiary/aromatic N) is 1. The molecule has 19 heavy (non-hydrogen) atoms. The lowest BCUT2D eigenvalue weighted by Gasteiger charge is -2.42. The van der Waals surface area contributed by atoms with Crippen LogP contribution in [0, 0.1) is 0 Å². The van der Waals surface area contributed by atoms with Crippen molar-refractivity contribution >= 4 is 5.69 Å². The third-order valence-electron chi connectivity index (χ3n) is 4.53. The molecule has 0 bridgehead atoms. The molecule has 3 rings (SSSR count). The molecule has 1 aromatic carbocycles. The molecule has 2 N–H and O–H groups in total. The summed E-state index contributed by atoms with van der Waals surface area (Å²) in [5.41, 5.74) is 8.68. The molecule has 0 saturated heterocycles. The van der Waals surface area contributed by atoms with E-state index in [1.165, 1.54) is 24.1 Å². The van der Waals surface area contributed by atoms with Crippen LogP contribution in [0.3, 0.4) is 0 Å². The Labute approximate surface area is 115 Å². The Morgan fingerprint density at radius 1 is 1.32 bits per heavy atom. The maximum Gasteiger partial charge on any atom is 0.0614 e. The molecule has 0 radical (unpaired) electrons. The van der Waals surface area contributed by atoms with Gasteiger partial charge in [-0.2, -0.15) is 0 Å². The van der Waals surface area contributed by atoms with Crippen LogP contribution in [0.1, 0.15) is 37.7 Å². The van der Waals surface area contributed by atoms with Crippen LogP contribution in [0.2, 0.25) is 0 Å². The summed E-state index contributed by atoms with van der Waals surface area (Å²) >= 11 is 0. The third kappa shape index (κ3) is 2.37. The average molecular weight is 260 g/mol. The zero-order chi connectivity index (χ0) is 13.2. The van der Waals surface area contributed by atoms with Crippen LogP contribution in [0.25, 0.3) is 0 Å². The molecule has 1 unspecified atom stereocenters. The van der Waals surface area contributed by atoms with Crippen molar-refractivity contribution < 1.29 is 4.74 Å². The van der Waals surface area contributed by atoms with Crippen molar-refractivity contribution in [1.29, 1.82) is 0 Å². The molecule has 0 spiro atoms. The van der Waals surface area contributed by atoms with Crippen molar-refractivity contribution in [3.8, 4) is 0 Å². The van der Waals surface area contributed by atoms with E-state index in [4.69, 9.17) is 10.5 Å². The minimum absolute atomic E-state index is 0.482. The predicted molar refractivity (Wildman–Crippen MR) is 78.6 cm³/mol. The highest BCUT2D eigenvalue weighted by molar-refractivity contribution is 5.61. The number of para-hydroxylation sites is 1. The van der Waals surface area contributed by atoms with Gasteiger partial charge >= 0.3 is 0 Å². The normalized spacial score (nSPS) is 29.2. The summed E-state index contributed by atoms with van der Waals surface area (Å²) in [6, 6.07) is 9.50. The fourth-order valence-electron chi connectivity index (χ4n) is 3.49. The Hall–Kier alpha value is -1.06. The SMILES string of the molecule is CCOC1CC(N2CC(CCN)c3ccccc32)C1. The molecule has 1 aromatic rings. The second-order valence-corrected chi connectivity index (χ2v) is 5.69. The highest BCUT2D eigenvalue weighted by atomic mass is 16.5. The van der Waals surface area contributed by atoms with Crippen molar-refractivity contribution in [3.63, 3.8) is 0 Å². The number of ether oxygens (including phenoxy) is 1. The van der Waals surface area contributed by atoms with Crippen LogP contribution in [0.5, 0.6) is 0 Å². The smallest absolute Gasteiger partial charge is 0.0614 e. The first-order valence-electron chi connectivity index (χ1n) is 7.50. The van der Waals surface area contributed by atoms with Gasteiger partial charge in [0.25, 0.3) is 0 Å². The van der Waals surface area contributed by atoms with Crippen LogP contribution in [-0.4, -0.2) is 31.8 Å². The summed E-state index contributed by atoms with van der Waals surface area (Å²) in [5, 5.41) is 0. The summed E-state index contributed by atoms with van der Waals surface area (Å²) in [6.07, 6.45) is 3.93. The maximum absolute atomic E-state index is 5.76. The lowest BCUT2D eigenvalue weighted by Crippen LogP contribution is -2.48. The van der Waals surface area contributed by atoms with Crippen LogP contribution in [-0.2, 0) is 4.74 Å². The lowest BCUT2D eigenvalue weighted by molar-refractivity contribution is -0.00300. The summed E-state index contributed by atoms with van der Waals surface area (Å²) in [7, 11) is 0. The van der Waals surface area contributed by atoms with E-state index in [2.05, 4.69) is 36.1 Å². The van der Waals surface area contributed by atoms with E-state index < -0.39 is 0 Å². The molecule has 1 heterocycles. The first-order chi connectivity index (χ1) is 9.33. The number of fused-ring (bicyclic) bond motifs is 1. The molecule has 2 aliphatic rings. The first kappa shape index (κ1) is 12.9. The Kier molecular flexibility index (Phi) is 3.76. The van der Waals surface area contributed by atoms with Gasteiger partial charge in [0.05, 0.1) is 6.10 Å². The van der Waals surface area contributed by atoms with Crippen molar-refractivity contribution in [3.05, 3.63) is 29.8 Å². The van der Waals surface area contributed by atoms with E-state index in [0.29, 0.717) is 18.1 Å². The van der Waals surface area contributed by atoms with E-state index in [9.17, 15) is 0 Å². The molecule has 3 nitrogen and oxygen atoms in total. The quantitative estimate of drug-likeness (QED) is 0.884. The minimum Gasteiger partial charge on any atom is -0.378 e. The number of hydrogen-bond acceptors (Lipinski definition) is 3. The van der Waals surface area contributed by atoms with E-state index >= 15 is 0 Å². The number of hydrogen-bond donors (Lipinski definition) is 1. The van der Waals surface area contributed by atoms with E-state index in [1.807, 2.05) is 0 Å². The lowest BCUT2D eigenvalue weighted by atomic mass is 9.87. The van der Waals surface area contributed by atoms with Gasteiger partial charge in [0.15, 0.2) is 0 Å². The number of rotatable bonds is 5. The van der Waals surface area contributed by atoms with Gasteiger partial charge in [0.2, 0.25) is 0 Å². The van der Waals surface area contributed by atoms with Crippen LogP contribution in [0.4, 0.5) is 5.69 Å². The monoisotopic (exact) mass is 260 g/mol. The molecule has 0 aromatic heterocycles. The van der Waals surface area contributed by atoms with E-state index in [0.717, 1.165) is 26.1 Å². The third-order valence-corrected chi connectivity index (χ3v) is 4.53. The van der Waals surface area contributed by atoms with Gasteiger partial charge in [-0.15, -0.1) is 0 Å². The van der Waals surface area contributed by atoms with Gasteiger partial charge in [0, 0.05) is 30.8 Å². The summed E-state index contributed by atoms with van der Waals surface area (Å²) in [6.45, 7) is 4.83. The summed E-state index contributed by atoms with van der Waals surface area (Å²) < 4.78 is 5.68. The number of benzene rings is 1. The Bertz CT molecular complexity index is 429. The Balaban J connectivity index is 1.71. The van der Waals surface area contributed by atoms with Gasteiger partial charge in [-0.1, -0.05) is 18.2 Å². The van der Waals surface area contributed by atoms with Crippen molar-refractivity contribution in [2.75, 3.05) is 24.6 Å². The Morgan fingerprint density at radius 3 is 2.84 bits per heavy atom. The molecule has 0 amide bonds. The second-order valence-electron chi connectivity index (χ2n) is 5.69. The topological polar surface area (TPSA) is 38.5 Å². The summed E-state index contributed by atoms with van der Waals surface area (Å²) in [4.78, 5) is 2.59. The van der Waals surface area contributed by atoms with Gasteiger partial charge < -0.3 is 15.4 Å². The average Bonchev–Trinajstić information content (AvgIpc) is 2.73. The van der Waals surface area contributed by atoms with Gasteiger partial charge in [0.1, 0.15) is 0 Å². The zero-order valence-corrected chi connectivity index (χ0v) is 11.7. The number of nitrogens with two attached hydrogens (primary N) is 1. The molecule has 1 fully saturated rings. The molecule has 1 saturated carbocycles.